The number of halogens is 1. The van der Waals surface area contributed by atoms with Crippen molar-refractivity contribution in [1.29, 1.82) is 0 Å². The highest BCUT2D eigenvalue weighted by molar-refractivity contribution is 7.15. The lowest BCUT2D eigenvalue weighted by Gasteiger charge is -2.07. The lowest BCUT2D eigenvalue weighted by atomic mass is 10.1. The first kappa shape index (κ1) is 11.4. The molecule has 2 aromatic rings. The van der Waals surface area contributed by atoms with Crippen LogP contribution >= 0.6 is 22.9 Å². The molecule has 1 aromatic carbocycles. The van der Waals surface area contributed by atoms with E-state index >= 15 is 0 Å². The van der Waals surface area contributed by atoms with Crippen LogP contribution in [0, 0.1) is 13.8 Å². The first-order chi connectivity index (χ1) is 7.65. The summed E-state index contributed by atoms with van der Waals surface area (Å²) in [6.45, 7) is 5.00. The number of aryl methyl sites for hydroxylation is 2. The number of nitrogens with one attached hydrogen (secondary N) is 1. The molecule has 2 nitrogen and oxygen atoms in total. The van der Waals surface area contributed by atoms with Gasteiger partial charge < -0.3 is 5.32 Å². The molecule has 0 atom stereocenters. The molecule has 0 amide bonds. The van der Waals surface area contributed by atoms with Gasteiger partial charge in [0.05, 0.1) is 6.54 Å². The second-order valence-corrected chi connectivity index (χ2v) is 5.43. The number of thiazole rings is 1. The second-order valence-electron chi connectivity index (χ2n) is 3.73. The summed E-state index contributed by atoms with van der Waals surface area (Å²) in [6.07, 6.45) is 1.81. The molecule has 0 radical (unpaired) electrons. The molecule has 0 saturated heterocycles. The van der Waals surface area contributed by atoms with Gasteiger partial charge >= 0.3 is 0 Å². The van der Waals surface area contributed by atoms with Gasteiger partial charge in [-0.05, 0) is 37.1 Å². The highest BCUT2D eigenvalue weighted by Crippen LogP contribution is 2.20. The number of aromatic nitrogens is 1. The van der Waals surface area contributed by atoms with Crippen LogP contribution in [0.1, 0.15) is 16.0 Å². The summed E-state index contributed by atoms with van der Waals surface area (Å²) in [5.41, 5.74) is 3.74. The quantitative estimate of drug-likeness (QED) is 0.892. The highest BCUT2D eigenvalue weighted by atomic mass is 35.5. The molecule has 0 spiro atoms. The first-order valence-electron chi connectivity index (χ1n) is 5.06. The monoisotopic (exact) mass is 252 g/mol. The van der Waals surface area contributed by atoms with E-state index in [1.807, 2.05) is 0 Å². The van der Waals surface area contributed by atoms with Crippen LogP contribution in [0.15, 0.2) is 24.4 Å². The molecule has 84 valence electrons. The largest absolute Gasteiger partial charge is 0.380 e. The van der Waals surface area contributed by atoms with E-state index in [9.17, 15) is 0 Å². The van der Waals surface area contributed by atoms with Gasteiger partial charge in [0.2, 0.25) is 0 Å². The number of anilines is 1. The van der Waals surface area contributed by atoms with E-state index in [1.165, 1.54) is 22.5 Å². The number of rotatable bonds is 3. The first-order valence-corrected chi connectivity index (χ1v) is 6.26. The van der Waals surface area contributed by atoms with E-state index in [0.717, 1.165) is 17.1 Å². The van der Waals surface area contributed by atoms with Crippen molar-refractivity contribution in [2.45, 2.75) is 20.4 Å². The molecule has 16 heavy (non-hydrogen) atoms. The van der Waals surface area contributed by atoms with Crippen molar-refractivity contribution >= 4 is 28.6 Å². The van der Waals surface area contributed by atoms with Crippen LogP contribution in [0.2, 0.25) is 4.47 Å². The number of benzene rings is 1. The van der Waals surface area contributed by atoms with Crippen molar-refractivity contribution in [3.05, 3.63) is 44.9 Å². The molecule has 0 unspecified atom stereocenters. The summed E-state index contributed by atoms with van der Waals surface area (Å²) in [4.78, 5) is 5.15. The minimum Gasteiger partial charge on any atom is -0.380 e. The molecule has 0 aliphatic carbocycles. The van der Waals surface area contributed by atoms with Crippen molar-refractivity contribution in [2.24, 2.45) is 0 Å². The third-order valence-electron chi connectivity index (χ3n) is 2.50. The van der Waals surface area contributed by atoms with Gasteiger partial charge in [-0.15, -0.1) is 11.3 Å². The summed E-state index contributed by atoms with van der Waals surface area (Å²) in [5, 5.41) is 3.35. The maximum Gasteiger partial charge on any atom is 0.183 e. The van der Waals surface area contributed by atoms with E-state index in [4.69, 9.17) is 11.6 Å². The molecule has 1 N–H and O–H groups in total. The van der Waals surface area contributed by atoms with E-state index in [0.29, 0.717) is 4.47 Å². The van der Waals surface area contributed by atoms with Crippen LogP contribution in [0.3, 0.4) is 0 Å². The molecule has 0 bridgehead atoms. The van der Waals surface area contributed by atoms with E-state index in [2.05, 4.69) is 42.3 Å². The van der Waals surface area contributed by atoms with Gasteiger partial charge in [-0.25, -0.2) is 4.98 Å². The molecule has 1 aromatic heterocycles. The average molecular weight is 253 g/mol. The fourth-order valence-corrected chi connectivity index (χ4v) is 2.32. The molecular weight excluding hydrogens is 240 g/mol. The summed E-state index contributed by atoms with van der Waals surface area (Å²) < 4.78 is 0.594. The lowest BCUT2D eigenvalue weighted by Crippen LogP contribution is -1.97. The van der Waals surface area contributed by atoms with Crippen molar-refractivity contribution in [2.75, 3.05) is 5.32 Å². The van der Waals surface area contributed by atoms with Gasteiger partial charge in [-0.3, -0.25) is 0 Å². The predicted molar refractivity (Wildman–Crippen MR) is 70.4 cm³/mol. The Kier molecular flexibility index (Phi) is 3.46. The van der Waals surface area contributed by atoms with Crippen molar-refractivity contribution in [1.82, 2.24) is 4.98 Å². The average Bonchev–Trinajstić information content (AvgIpc) is 2.66. The maximum absolute atomic E-state index is 5.77. The van der Waals surface area contributed by atoms with Crippen molar-refractivity contribution < 1.29 is 0 Å². The van der Waals surface area contributed by atoms with Crippen LogP contribution in [0.4, 0.5) is 5.69 Å². The van der Waals surface area contributed by atoms with Crippen LogP contribution < -0.4 is 5.32 Å². The van der Waals surface area contributed by atoms with Crippen molar-refractivity contribution in [3.8, 4) is 0 Å². The zero-order chi connectivity index (χ0) is 11.5. The Morgan fingerprint density at radius 1 is 1.31 bits per heavy atom. The maximum atomic E-state index is 5.77. The molecule has 0 fully saturated rings. The topological polar surface area (TPSA) is 24.9 Å². The Bertz CT molecular complexity index is 494. The Morgan fingerprint density at radius 2 is 2.12 bits per heavy atom. The number of hydrogen-bond acceptors (Lipinski definition) is 3. The third-order valence-corrected chi connectivity index (χ3v) is 3.61. The highest BCUT2D eigenvalue weighted by Gasteiger charge is 2.00. The second kappa shape index (κ2) is 4.85. The summed E-state index contributed by atoms with van der Waals surface area (Å²) >= 11 is 7.27. The zero-order valence-electron chi connectivity index (χ0n) is 9.25. The molecule has 0 saturated carbocycles. The molecule has 0 aliphatic rings. The van der Waals surface area contributed by atoms with Gasteiger partial charge in [-0.2, -0.15) is 0 Å². The molecule has 0 aliphatic heterocycles. The summed E-state index contributed by atoms with van der Waals surface area (Å²) in [6, 6.07) is 6.36. The number of nitrogens with zero attached hydrogens (tertiary/aromatic N) is 1. The van der Waals surface area contributed by atoms with E-state index < -0.39 is 0 Å². The minimum atomic E-state index is 0.594. The van der Waals surface area contributed by atoms with Crippen LogP contribution in [0.25, 0.3) is 0 Å². The minimum absolute atomic E-state index is 0.594. The third kappa shape index (κ3) is 2.74. The predicted octanol–water partition coefficient (Wildman–Crippen LogP) is 4.03. The van der Waals surface area contributed by atoms with Crippen LogP contribution in [0.5, 0.6) is 0 Å². The van der Waals surface area contributed by atoms with Crippen LogP contribution in [-0.2, 0) is 6.54 Å². The van der Waals surface area contributed by atoms with E-state index in [1.54, 1.807) is 6.20 Å². The van der Waals surface area contributed by atoms with Crippen LogP contribution in [-0.4, -0.2) is 4.98 Å². The smallest absolute Gasteiger partial charge is 0.183 e. The van der Waals surface area contributed by atoms with Gasteiger partial charge in [-0.1, -0.05) is 17.7 Å². The van der Waals surface area contributed by atoms with Gasteiger partial charge in [0.1, 0.15) is 0 Å². The molecule has 1 heterocycles. The molecule has 4 heteroatoms. The van der Waals surface area contributed by atoms with E-state index in [-0.39, 0.29) is 0 Å². The SMILES string of the molecule is Cc1ccc(NCc2cnc(Cl)s2)cc1C. The van der Waals surface area contributed by atoms with Gasteiger partial charge in [0.15, 0.2) is 4.47 Å². The molecule has 2 rings (SSSR count). The Balaban J connectivity index is 2.02. The lowest BCUT2D eigenvalue weighted by molar-refractivity contribution is 1.17. The van der Waals surface area contributed by atoms with Gasteiger partial charge in [0.25, 0.3) is 0 Å². The Hall–Kier alpha value is -1.06. The fourth-order valence-electron chi connectivity index (χ4n) is 1.41. The van der Waals surface area contributed by atoms with Crippen molar-refractivity contribution in [3.63, 3.8) is 0 Å². The Labute approximate surface area is 104 Å². The normalized spacial score (nSPS) is 10.4. The van der Waals surface area contributed by atoms with Gasteiger partial charge in [0, 0.05) is 16.8 Å². The Morgan fingerprint density at radius 3 is 2.75 bits per heavy atom. The number of hydrogen-bond donors (Lipinski definition) is 1. The summed E-state index contributed by atoms with van der Waals surface area (Å²) in [7, 11) is 0. The zero-order valence-corrected chi connectivity index (χ0v) is 10.8. The summed E-state index contributed by atoms with van der Waals surface area (Å²) in [5.74, 6) is 0. The fraction of sp³-hybridized carbons (Fsp3) is 0.250. The molecular formula is C12H13ClN2S. The standard InChI is InChI=1S/C12H13ClN2S/c1-8-3-4-10(5-9(8)2)14-6-11-7-15-12(13)16-11/h3-5,7,14H,6H2,1-2H3.